The molecule has 1 spiro atoms. The smallest absolute Gasteiger partial charge is 0.129 e. The SMILES string of the molecule is c1cnc2cc(-c3ccn(C4COC4)c3)cc(OC[C@@H]3CNCC4(CC4)O3)c2c1. The minimum atomic E-state index is 0.0753. The van der Waals surface area contributed by atoms with Gasteiger partial charge in [0.2, 0.25) is 0 Å². The zero-order chi connectivity index (χ0) is 19.3. The largest absolute Gasteiger partial charge is 0.490 e. The van der Waals surface area contributed by atoms with E-state index in [1.807, 2.05) is 12.3 Å². The summed E-state index contributed by atoms with van der Waals surface area (Å²) in [6, 6.07) is 10.9. The highest BCUT2D eigenvalue weighted by molar-refractivity contribution is 5.90. The lowest BCUT2D eigenvalue weighted by Gasteiger charge is -2.31. The van der Waals surface area contributed by atoms with Crippen molar-refractivity contribution in [3.8, 4) is 16.9 Å². The highest BCUT2D eigenvalue weighted by atomic mass is 16.6. The number of fused-ring (bicyclic) bond motifs is 1. The van der Waals surface area contributed by atoms with Gasteiger partial charge in [0.1, 0.15) is 18.5 Å². The lowest BCUT2D eigenvalue weighted by Crippen LogP contribution is -2.48. The van der Waals surface area contributed by atoms with E-state index in [4.69, 9.17) is 14.2 Å². The summed E-state index contributed by atoms with van der Waals surface area (Å²) in [5.41, 5.74) is 3.31. The number of benzene rings is 1. The number of rotatable bonds is 5. The molecule has 150 valence electrons. The van der Waals surface area contributed by atoms with Crippen LogP contribution in [0.3, 0.4) is 0 Å². The Hall–Kier alpha value is -2.41. The summed E-state index contributed by atoms with van der Waals surface area (Å²) in [4.78, 5) is 4.57. The molecular weight excluding hydrogens is 366 g/mol. The number of hydrogen-bond donors (Lipinski definition) is 1. The molecule has 3 aromatic rings. The van der Waals surface area contributed by atoms with E-state index >= 15 is 0 Å². The molecule has 1 aliphatic carbocycles. The maximum atomic E-state index is 6.30. The molecule has 3 aliphatic rings. The third kappa shape index (κ3) is 3.31. The van der Waals surface area contributed by atoms with Gasteiger partial charge in [0.25, 0.3) is 0 Å². The highest BCUT2D eigenvalue weighted by Crippen LogP contribution is 2.41. The first-order chi connectivity index (χ1) is 14.3. The Bertz CT molecular complexity index is 1040. The standard InChI is InChI=1S/C23H25N3O3/c1-2-20-21(25-6-1)8-17(16-3-7-26(11-16)18-12-27-13-18)9-22(20)28-14-19-10-24-15-23(29-19)4-5-23/h1-3,6-9,11,18-19,24H,4-5,10,12-15H2/t19-/m0/s1. The van der Waals surface area contributed by atoms with Crippen molar-refractivity contribution in [3.05, 3.63) is 48.9 Å². The lowest BCUT2D eigenvalue weighted by atomic mass is 10.1. The second-order valence-corrected chi connectivity index (χ2v) is 8.45. The molecule has 6 heteroatoms. The summed E-state index contributed by atoms with van der Waals surface area (Å²) >= 11 is 0. The number of pyridine rings is 1. The summed E-state index contributed by atoms with van der Waals surface area (Å²) in [5.74, 6) is 0.865. The number of hydrogen-bond acceptors (Lipinski definition) is 5. The molecule has 2 saturated heterocycles. The van der Waals surface area contributed by atoms with Gasteiger partial charge < -0.3 is 24.1 Å². The molecule has 29 heavy (non-hydrogen) atoms. The Morgan fingerprint density at radius 2 is 2.14 bits per heavy atom. The van der Waals surface area contributed by atoms with Gasteiger partial charge in [-0.25, -0.2) is 0 Å². The fourth-order valence-corrected chi connectivity index (χ4v) is 4.25. The van der Waals surface area contributed by atoms with Gasteiger partial charge >= 0.3 is 0 Å². The average molecular weight is 391 g/mol. The first kappa shape index (κ1) is 17.4. The van der Waals surface area contributed by atoms with Gasteiger partial charge in [-0.15, -0.1) is 0 Å². The fourth-order valence-electron chi connectivity index (χ4n) is 4.25. The van der Waals surface area contributed by atoms with E-state index in [0.717, 1.165) is 61.4 Å². The summed E-state index contributed by atoms with van der Waals surface area (Å²) in [6.45, 7) is 3.93. The zero-order valence-electron chi connectivity index (χ0n) is 16.3. The van der Waals surface area contributed by atoms with Gasteiger partial charge in [-0.2, -0.15) is 0 Å². The summed E-state index contributed by atoms with van der Waals surface area (Å²) < 4.78 is 20.1. The van der Waals surface area contributed by atoms with Crippen LogP contribution in [-0.2, 0) is 9.47 Å². The van der Waals surface area contributed by atoms with Crippen molar-refractivity contribution < 1.29 is 14.2 Å². The Kier molecular flexibility index (Phi) is 4.11. The van der Waals surface area contributed by atoms with Gasteiger partial charge in [-0.3, -0.25) is 4.98 Å². The highest BCUT2D eigenvalue weighted by Gasteiger charge is 2.47. The van der Waals surface area contributed by atoms with E-state index in [1.165, 1.54) is 5.56 Å². The van der Waals surface area contributed by atoms with Crippen LogP contribution in [0.25, 0.3) is 22.0 Å². The average Bonchev–Trinajstić information content (AvgIpc) is 3.26. The Morgan fingerprint density at radius 3 is 2.97 bits per heavy atom. The Balaban J connectivity index is 1.28. The minimum absolute atomic E-state index is 0.0753. The van der Waals surface area contributed by atoms with Crippen molar-refractivity contribution in [1.82, 2.24) is 14.9 Å². The fraction of sp³-hybridized carbons (Fsp3) is 0.435. The van der Waals surface area contributed by atoms with Crippen molar-refractivity contribution in [2.75, 3.05) is 32.9 Å². The van der Waals surface area contributed by atoms with Crippen molar-refractivity contribution in [2.45, 2.75) is 30.6 Å². The van der Waals surface area contributed by atoms with Crippen LogP contribution in [0.5, 0.6) is 5.75 Å². The van der Waals surface area contributed by atoms with E-state index in [9.17, 15) is 0 Å². The van der Waals surface area contributed by atoms with Crippen molar-refractivity contribution >= 4 is 10.9 Å². The van der Waals surface area contributed by atoms with Crippen LogP contribution < -0.4 is 10.1 Å². The third-order valence-corrected chi connectivity index (χ3v) is 6.24. The van der Waals surface area contributed by atoms with Crippen molar-refractivity contribution in [3.63, 3.8) is 0 Å². The number of ether oxygens (including phenoxy) is 3. The molecule has 1 atom stereocenters. The van der Waals surface area contributed by atoms with Crippen LogP contribution in [0.1, 0.15) is 18.9 Å². The Labute approximate surface area is 169 Å². The topological polar surface area (TPSA) is 57.5 Å². The second-order valence-electron chi connectivity index (χ2n) is 8.45. The van der Waals surface area contributed by atoms with Crippen molar-refractivity contribution in [1.29, 1.82) is 0 Å². The van der Waals surface area contributed by atoms with E-state index in [-0.39, 0.29) is 11.7 Å². The van der Waals surface area contributed by atoms with Crippen LogP contribution >= 0.6 is 0 Å². The van der Waals surface area contributed by atoms with Crippen LogP contribution in [0.4, 0.5) is 0 Å². The van der Waals surface area contributed by atoms with E-state index < -0.39 is 0 Å². The molecular formula is C23H25N3O3. The van der Waals surface area contributed by atoms with Gasteiger partial charge in [0.05, 0.1) is 30.4 Å². The molecule has 6 nitrogen and oxygen atoms in total. The van der Waals surface area contributed by atoms with E-state index in [0.29, 0.717) is 12.6 Å². The molecule has 0 unspecified atom stereocenters. The normalized spacial score (nSPS) is 23.2. The van der Waals surface area contributed by atoms with E-state index in [1.54, 1.807) is 0 Å². The predicted octanol–water partition coefficient (Wildman–Crippen LogP) is 3.17. The molecule has 1 saturated carbocycles. The van der Waals surface area contributed by atoms with E-state index in [2.05, 4.69) is 51.5 Å². The molecule has 3 fully saturated rings. The van der Waals surface area contributed by atoms with Crippen LogP contribution in [0.15, 0.2) is 48.9 Å². The number of nitrogens with zero attached hydrogens (tertiary/aromatic N) is 2. The van der Waals surface area contributed by atoms with Crippen molar-refractivity contribution in [2.24, 2.45) is 0 Å². The molecule has 6 rings (SSSR count). The number of morpholine rings is 1. The van der Waals surface area contributed by atoms with Gasteiger partial charge in [-0.1, -0.05) is 0 Å². The number of aromatic nitrogens is 2. The molecule has 4 heterocycles. The predicted molar refractivity (Wildman–Crippen MR) is 110 cm³/mol. The zero-order valence-corrected chi connectivity index (χ0v) is 16.3. The molecule has 0 radical (unpaired) electrons. The lowest BCUT2D eigenvalue weighted by molar-refractivity contribution is -0.0711. The molecule has 1 N–H and O–H groups in total. The molecule has 2 aromatic heterocycles. The third-order valence-electron chi connectivity index (χ3n) is 6.24. The summed E-state index contributed by atoms with van der Waals surface area (Å²) in [6.07, 6.45) is 8.54. The first-order valence-electron chi connectivity index (χ1n) is 10.4. The molecule has 2 aliphatic heterocycles. The van der Waals surface area contributed by atoms with Crippen LogP contribution in [-0.4, -0.2) is 54.2 Å². The minimum Gasteiger partial charge on any atom is -0.490 e. The summed E-state index contributed by atoms with van der Waals surface area (Å²) in [5, 5.41) is 4.53. The monoisotopic (exact) mass is 391 g/mol. The van der Waals surface area contributed by atoms with Crippen LogP contribution in [0, 0.1) is 0 Å². The maximum Gasteiger partial charge on any atom is 0.129 e. The first-order valence-corrected chi connectivity index (χ1v) is 10.4. The number of nitrogens with one attached hydrogen (secondary N) is 1. The van der Waals surface area contributed by atoms with Crippen LogP contribution in [0.2, 0.25) is 0 Å². The molecule has 0 bridgehead atoms. The summed E-state index contributed by atoms with van der Waals surface area (Å²) in [7, 11) is 0. The van der Waals surface area contributed by atoms with Gasteiger partial charge in [-0.05, 0) is 54.3 Å². The molecule has 0 amide bonds. The Morgan fingerprint density at radius 1 is 1.21 bits per heavy atom. The molecule has 1 aromatic carbocycles. The quantitative estimate of drug-likeness (QED) is 0.724. The van der Waals surface area contributed by atoms with Gasteiger partial charge in [0.15, 0.2) is 0 Å². The second kappa shape index (κ2) is 6.83. The van der Waals surface area contributed by atoms with Gasteiger partial charge in [0, 0.05) is 37.1 Å². The maximum absolute atomic E-state index is 6.30.